The summed E-state index contributed by atoms with van der Waals surface area (Å²) >= 11 is 0. The quantitative estimate of drug-likeness (QED) is 0.249. The Hall–Kier alpha value is -3.61. The number of aryl methyl sites for hydroxylation is 2. The van der Waals surface area contributed by atoms with Crippen LogP contribution in [0.3, 0.4) is 0 Å². The Balaban J connectivity index is 1.25. The summed E-state index contributed by atoms with van der Waals surface area (Å²) in [7, 11) is -7.32. The number of nitrogens with one attached hydrogen (secondary N) is 1. The van der Waals surface area contributed by atoms with Gasteiger partial charge in [0.05, 0.1) is 22.4 Å². The molecule has 0 unspecified atom stereocenters. The highest BCUT2D eigenvalue weighted by Crippen LogP contribution is 2.42. The van der Waals surface area contributed by atoms with E-state index in [9.17, 15) is 16.8 Å². The van der Waals surface area contributed by atoms with Gasteiger partial charge in [-0.1, -0.05) is 61.4 Å². The van der Waals surface area contributed by atoms with E-state index in [2.05, 4.69) is 26.8 Å². The number of benzene rings is 2. The van der Waals surface area contributed by atoms with Crippen molar-refractivity contribution >= 4 is 36.9 Å². The van der Waals surface area contributed by atoms with Gasteiger partial charge >= 0.3 is 0 Å². The average Bonchev–Trinajstić information content (AvgIpc) is 3.69. The van der Waals surface area contributed by atoms with Crippen LogP contribution in [0.5, 0.6) is 0 Å². The second-order valence-corrected chi connectivity index (χ2v) is 14.8. The fraction of sp³-hybridized carbons (Fsp3) is 0.367. The van der Waals surface area contributed by atoms with Gasteiger partial charge in [0.15, 0.2) is 11.3 Å². The van der Waals surface area contributed by atoms with E-state index in [4.69, 9.17) is 0 Å². The van der Waals surface area contributed by atoms with Crippen molar-refractivity contribution in [1.82, 2.24) is 28.3 Å². The zero-order chi connectivity index (χ0) is 29.5. The number of nitrogens with zero attached hydrogens (tertiary/aromatic N) is 5. The molecule has 1 aliphatic carbocycles. The van der Waals surface area contributed by atoms with Gasteiger partial charge < -0.3 is 0 Å². The van der Waals surface area contributed by atoms with Crippen molar-refractivity contribution in [2.24, 2.45) is 5.92 Å². The standard InChI is InChI=1S/C30H34N6O4S2/c1-3-23-18-24(34-41(37,38)17-7-10-22-8-5-4-6-9-22)19-26(23)29-33-32-28-20-31-30-27(36(28)29)15-16-35(30)42(39,40)25-13-11-21(2)12-14-25/h4-6,8-9,11-16,20,23-24,26,34H,3,7,10,17-19H2,1-2H3/t23-,24+,26+/m1/s1. The van der Waals surface area contributed by atoms with Gasteiger partial charge in [0.25, 0.3) is 10.0 Å². The molecule has 12 heteroatoms. The normalized spacial score (nSPS) is 19.6. The summed E-state index contributed by atoms with van der Waals surface area (Å²) in [5, 5.41) is 8.86. The van der Waals surface area contributed by atoms with Crippen LogP contribution < -0.4 is 4.72 Å². The van der Waals surface area contributed by atoms with Gasteiger partial charge in [-0.25, -0.2) is 30.5 Å². The van der Waals surface area contributed by atoms with Crippen LogP contribution in [0.15, 0.2) is 78.0 Å². The van der Waals surface area contributed by atoms with E-state index in [-0.39, 0.29) is 34.2 Å². The van der Waals surface area contributed by atoms with Gasteiger partial charge in [-0.2, -0.15) is 0 Å². The Morgan fingerprint density at radius 2 is 1.71 bits per heavy atom. The number of hydrogen-bond acceptors (Lipinski definition) is 7. The molecule has 0 spiro atoms. The molecule has 1 N–H and O–H groups in total. The van der Waals surface area contributed by atoms with Crippen LogP contribution in [-0.4, -0.2) is 52.2 Å². The van der Waals surface area contributed by atoms with Crippen LogP contribution in [0.2, 0.25) is 0 Å². The van der Waals surface area contributed by atoms with Crippen molar-refractivity contribution in [3.05, 3.63) is 90.0 Å². The highest BCUT2D eigenvalue weighted by Gasteiger charge is 2.39. The van der Waals surface area contributed by atoms with Crippen LogP contribution in [0.25, 0.3) is 16.8 Å². The second kappa shape index (κ2) is 11.2. The third-order valence-corrected chi connectivity index (χ3v) is 11.5. The molecular weight excluding hydrogens is 573 g/mol. The molecule has 0 bridgehead atoms. The zero-order valence-electron chi connectivity index (χ0n) is 23.6. The Kier molecular flexibility index (Phi) is 7.62. The summed E-state index contributed by atoms with van der Waals surface area (Å²) in [6.45, 7) is 4.00. The molecule has 5 aromatic rings. The highest BCUT2D eigenvalue weighted by atomic mass is 32.2. The Morgan fingerprint density at radius 1 is 0.952 bits per heavy atom. The Bertz CT molecular complexity index is 1930. The highest BCUT2D eigenvalue weighted by molar-refractivity contribution is 7.90. The van der Waals surface area contributed by atoms with Crippen molar-refractivity contribution in [3.63, 3.8) is 0 Å². The average molecular weight is 607 g/mol. The molecule has 1 aliphatic rings. The van der Waals surface area contributed by atoms with E-state index in [1.54, 1.807) is 30.3 Å². The molecular formula is C30H34N6O4S2. The molecule has 2 aromatic carbocycles. The summed E-state index contributed by atoms with van der Waals surface area (Å²) in [4.78, 5) is 4.62. The fourth-order valence-corrected chi connectivity index (χ4v) is 8.76. The van der Waals surface area contributed by atoms with Crippen molar-refractivity contribution in [2.75, 3.05) is 5.75 Å². The molecule has 3 heterocycles. The molecule has 220 valence electrons. The van der Waals surface area contributed by atoms with Crippen LogP contribution in [0, 0.1) is 12.8 Å². The lowest BCUT2D eigenvalue weighted by atomic mass is 9.93. The summed E-state index contributed by atoms with van der Waals surface area (Å²) in [5.41, 5.74) is 3.48. The molecule has 1 fully saturated rings. The molecule has 0 radical (unpaired) electrons. The van der Waals surface area contributed by atoms with Crippen LogP contribution in [0.4, 0.5) is 0 Å². The van der Waals surface area contributed by atoms with Crippen LogP contribution in [0.1, 0.15) is 55.5 Å². The monoisotopic (exact) mass is 606 g/mol. The van der Waals surface area contributed by atoms with Crippen molar-refractivity contribution in [3.8, 4) is 0 Å². The predicted octanol–water partition coefficient (Wildman–Crippen LogP) is 4.45. The topological polar surface area (TPSA) is 128 Å². The molecule has 3 atom stereocenters. The Morgan fingerprint density at radius 3 is 2.45 bits per heavy atom. The van der Waals surface area contributed by atoms with Crippen LogP contribution >= 0.6 is 0 Å². The largest absolute Gasteiger partial charge is 0.274 e. The summed E-state index contributed by atoms with van der Waals surface area (Å²) < 4.78 is 58.9. The fourth-order valence-electron chi connectivity index (χ4n) is 6.12. The summed E-state index contributed by atoms with van der Waals surface area (Å²) in [6.07, 6.45) is 6.44. The van der Waals surface area contributed by atoms with E-state index >= 15 is 0 Å². The first-order valence-corrected chi connectivity index (χ1v) is 17.3. The number of fused-ring (bicyclic) bond motifs is 3. The lowest BCUT2D eigenvalue weighted by Crippen LogP contribution is -2.35. The first-order valence-electron chi connectivity index (χ1n) is 14.2. The van der Waals surface area contributed by atoms with Gasteiger partial charge in [-0.05, 0) is 62.3 Å². The lowest BCUT2D eigenvalue weighted by molar-refractivity contribution is 0.449. The molecule has 42 heavy (non-hydrogen) atoms. The van der Waals surface area contributed by atoms with E-state index in [1.807, 2.05) is 41.7 Å². The maximum atomic E-state index is 13.5. The van der Waals surface area contributed by atoms with Gasteiger partial charge in [0.2, 0.25) is 10.0 Å². The van der Waals surface area contributed by atoms with E-state index in [1.165, 1.54) is 16.4 Å². The third-order valence-electron chi connectivity index (χ3n) is 8.26. The SMILES string of the molecule is CC[C@@H]1C[C@H](NS(=O)(=O)CCCc2ccccc2)C[C@@H]1c1nnc2cnc3c(ccn3S(=O)(=O)c3ccc(C)cc3)n12. The van der Waals surface area contributed by atoms with Gasteiger partial charge in [-0.3, -0.25) is 4.40 Å². The van der Waals surface area contributed by atoms with Gasteiger partial charge in [-0.15, -0.1) is 10.2 Å². The maximum Gasteiger partial charge on any atom is 0.269 e. The van der Waals surface area contributed by atoms with Crippen molar-refractivity contribution in [1.29, 1.82) is 0 Å². The first kappa shape index (κ1) is 28.5. The maximum absolute atomic E-state index is 13.5. The molecule has 6 rings (SSSR count). The molecule has 1 saturated carbocycles. The Labute approximate surface area is 245 Å². The van der Waals surface area contributed by atoms with E-state index in [0.29, 0.717) is 42.7 Å². The smallest absolute Gasteiger partial charge is 0.269 e. The second-order valence-electron chi connectivity index (χ2n) is 11.1. The molecule has 0 amide bonds. The number of aromatic nitrogens is 5. The predicted molar refractivity (Wildman–Crippen MR) is 161 cm³/mol. The lowest BCUT2D eigenvalue weighted by Gasteiger charge is -2.16. The van der Waals surface area contributed by atoms with Crippen molar-refractivity contribution in [2.45, 2.75) is 62.8 Å². The van der Waals surface area contributed by atoms with E-state index in [0.717, 1.165) is 17.5 Å². The summed E-state index contributed by atoms with van der Waals surface area (Å²) in [6, 6.07) is 18.1. The van der Waals surface area contributed by atoms with Gasteiger partial charge in [0.1, 0.15) is 5.82 Å². The minimum atomic E-state index is -3.87. The first-order chi connectivity index (χ1) is 20.2. The molecule has 10 nitrogen and oxygen atoms in total. The number of hydrogen-bond donors (Lipinski definition) is 1. The van der Waals surface area contributed by atoms with E-state index < -0.39 is 20.0 Å². The number of sulfonamides is 1. The zero-order valence-corrected chi connectivity index (χ0v) is 25.2. The minimum absolute atomic E-state index is 0.0512. The van der Waals surface area contributed by atoms with Gasteiger partial charge in [0, 0.05) is 18.2 Å². The third kappa shape index (κ3) is 5.46. The van der Waals surface area contributed by atoms with Crippen LogP contribution in [-0.2, 0) is 26.5 Å². The molecule has 0 saturated heterocycles. The number of rotatable bonds is 10. The summed E-state index contributed by atoms with van der Waals surface area (Å²) in [5.74, 6) is 0.907. The van der Waals surface area contributed by atoms with Crippen molar-refractivity contribution < 1.29 is 16.8 Å². The molecule has 0 aliphatic heterocycles. The molecule has 3 aromatic heterocycles. The minimum Gasteiger partial charge on any atom is -0.274 e.